The van der Waals surface area contributed by atoms with Gasteiger partial charge < -0.3 is 20.3 Å². The molecule has 1 atom stereocenters. The maximum absolute atomic E-state index is 12.1. The number of rotatable bonds is 8. The molecule has 2 aromatic rings. The van der Waals surface area contributed by atoms with Crippen LogP contribution >= 0.6 is 0 Å². The molecule has 6 heteroatoms. The van der Waals surface area contributed by atoms with Gasteiger partial charge in [0.2, 0.25) is 0 Å². The van der Waals surface area contributed by atoms with E-state index in [1.165, 1.54) is 5.56 Å². The summed E-state index contributed by atoms with van der Waals surface area (Å²) in [7, 11) is 5.27. The summed E-state index contributed by atoms with van der Waals surface area (Å²) in [5.41, 5.74) is 2.99. The van der Waals surface area contributed by atoms with Crippen molar-refractivity contribution in [3.63, 3.8) is 0 Å². The molecular formula is C23H32N4O2. The van der Waals surface area contributed by atoms with E-state index in [2.05, 4.69) is 15.6 Å². The van der Waals surface area contributed by atoms with Gasteiger partial charge in [0.05, 0.1) is 6.54 Å². The van der Waals surface area contributed by atoms with Crippen LogP contribution in [0.4, 0.5) is 0 Å². The van der Waals surface area contributed by atoms with Crippen LogP contribution in [0.15, 0.2) is 53.5 Å². The highest BCUT2D eigenvalue weighted by molar-refractivity contribution is 5.94. The highest BCUT2D eigenvalue weighted by Gasteiger charge is 2.09. The third-order valence-corrected chi connectivity index (χ3v) is 4.39. The highest BCUT2D eigenvalue weighted by Crippen LogP contribution is 2.13. The van der Waals surface area contributed by atoms with Gasteiger partial charge in [-0.05, 0) is 55.7 Å². The Kier molecular flexibility index (Phi) is 8.52. The first-order valence-electron chi connectivity index (χ1n) is 9.87. The average molecular weight is 397 g/mol. The molecule has 0 saturated carbocycles. The summed E-state index contributed by atoms with van der Waals surface area (Å²) in [5.74, 6) is 1.61. The molecule has 0 aliphatic rings. The van der Waals surface area contributed by atoms with E-state index >= 15 is 0 Å². The number of carbonyl (C=O) groups excluding carboxylic acids is 1. The number of ether oxygens (including phenoxy) is 1. The molecule has 0 saturated heterocycles. The molecule has 2 N–H and O–H groups in total. The molecule has 0 radical (unpaired) electrons. The molecule has 0 aliphatic heterocycles. The van der Waals surface area contributed by atoms with Crippen molar-refractivity contribution >= 4 is 11.9 Å². The smallest absolute Gasteiger partial charge is 0.253 e. The van der Waals surface area contributed by atoms with Crippen molar-refractivity contribution in [1.82, 2.24) is 15.5 Å². The van der Waals surface area contributed by atoms with Gasteiger partial charge in [-0.25, -0.2) is 0 Å². The van der Waals surface area contributed by atoms with Crippen molar-refractivity contribution in [2.24, 2.45) is 4.99 Å². The minimum absolute atomic E-state index is 0.00378. The monoisotopic (exact) mass is 396 g/mol. The van der Waals surface area contributed by atoms with Gasteiger partial charge in [-0.3, -0.25) is 9.79 Å². The standard InChI is InChI=1S/C23H32N4O2/c1-17-8-6-11-21(14-17)29-18(2)16-26-23(24-3)25-13-12-19-9-7-10-20(15-19)22(28)27(4)5/h6-11,14-15,18H,12-13,16H2,1-5H3,(H2,24,25,26). The normalized spacial score (nSPS) is 12.2. The van der Waals surface area contributed by atoms with Crippen molar-refractivity contribution in [2.45, 2.75) is 26.4 Å². The van der Waals surface area contributed by atoms with Gasteiger partial charge in [0.15, 0.2) is 5.96 Å². The number of carbonyl (C=O) groups is 1. The van der Waals surface area contributed by atoms with Crippen molar-refractivity contribution < 1.29 is 9.53 Å². The number of benzene rings is 2. The first-order chi connectivity index (χ1) is 13.9. The van der Waals surface area contributed by atoms with E-state index in [1.807, 2.05) is 62.4 Å². The molecule has 29 heavy (non-hydrogen) atoms. The predicted molar refractivity (Wildman–Crippen MR) is 119 cm³/mol. The maximum atomic E-state index is 12.1. The molecule has 0 aromatic heterocycles. The number of guanidine groups is 1. The third kappa shape index (κ3) is 7.49. The Hall–Kier alpha value is -3.02. The largest absolute Gasteiger partial charge is 0.489 e. The number of hydrogen-bond acceptors (Lipinski definition) is 3. The first-order valence-corrected chi connectivity index (χ1v) is 9.87. The number of nitrogens with zero attached hydrogens (tertiary/aromatic N) is 2. The van der Waals surface area contributed by atoms with E-state index in [9.17, 15) is 4.79 Å². The summed E-state index contributed by atoms with van der Waals surface area (Å²) in [6.07, 6.45) is 0.800. The topological polar surface area (TPSA) is 66.0 Å². The van der Waals surface area contributed by atoms with Crippen LogP contribution in [0.3, 0.4) is 0 Å². The summed E-state index contributed by atoms with van der Waals surface area (Å²) in [4.78, 5) is 17.9. The Bertz CT molecular complexity index is 833. The lowest BCUT2D eigenvalue weighted by molar-refractivity contribution is 0.0827. The fourth-order valence-electron chi connectivity index (χ4n) is 2.87. The van der Waals surface area contributed by atoms with Crippen molar-refractivity contribution in [3.05, 3.63) is 65.2 Å². The molecule has 0 spiro atoms. The van der Waals surface area contributed by atoms with E-state index in [-0.39, 0.29) is 12.0 Å². The van der Waals surface area contributed by atoms with E-state index in [4.69, 9.17) is 4.74 Å². The Morgan fingerprint density at radius 2 is 1.90 bits per heavy atom. The van der Waals surface area contributed by atoms with Gasteiger partial charge in [0, 0.05) is 33.3 Å². The van der Waals surface area contributed by atoms with Crippen molar-refractivity contribution in [3.8, 4) is 5.75 Å². The van der Waals surface area contributed by atoms with Crippen LogP contribution in [0, 0.1) is 6.92 Å². The molecule has 2 rings (SSSR count). The van der Waals surface area contributed by atoms with Gasteiger partial charge in [0.1, 0.15) is 11.9 Å². The number of hydrogen-bond donors (Lipinski definition) is 2. The van der Waals surface area contributed by atoms with E-state index in [0.717, 1.165) is 23.7 Å². The molecule has 1 amide bonds. The fourth-order valence-corrected chi connectivity index (χ4v) is 2.87. The zero-order valence-corrected chi connectivity index (χ0v) is 18.0. The van der Waals surface area contributed by atoms with E-state index < -0.39 is 0 Å². The molecule has 6 nitrogen and oxygen atoms in total. The molecule has 0 aliphatic carbocycles. The number of aliphatic imine (C=N–C) groups is 1. The van der Waals surface area contributed by atoms with Crippen molar-refractivity contribution in [1.29, 1.82) is 0 Å². The Labute approximate surface area is 174 Å². The lowest BCUT2D eigenvalue weighted by atomic mass is 10.1. The molecule has 156 valence electrons. The van der Waals surface area contributed by atoms with Crippen LogP contribution in [-0.4, -0.2) is 57.1 Å². The second-order valence-electron chi connectivity index (χ2n) is 7.27. The third-order valence-electron chi connectivity index (χ3n) is 4.39. The molecule has 2 aromatic carbocycles. The van der Waals surface area contributed by atoms with Gasteiger partial charge in [-0.1, -0.05) is 24.3 Å². The molecule has 0 heterocycles. The maximum Gasteiger partial charge on any atom is 0.253 e. The minimum atomic E-state index is 0.00378. The molecule has 0 fully saturated rings. The summed E-state index contributed by atoms with van der Waals surface area (Å²) >= 11 is 0. The van der Waals surface area contributed by atoms with Crippen LogP contribution in [0.2, 0.25) is 0 Å². The summed E-state index contributed by atoms with van der Waals surface area (Å²) in [6.45, 7) is 5.43. The first kappa shape index (κ1) is 22.3. The lowest BCUT2D eigenvalue weighted by Gasteiger charge is -2.18. The van der Waals surface area contributed by atoms with E-state index in [1.54, 1.807) is 26.0 Å². The summed E-state index contributed by atoms with van der Waals surface area (Å²) in [6, 6.07) is 15.8. The summed E-state index contributed by atoms with van der Waals surface area (Å²) < 4.78 is 5.94. The fraction of sp³-hybridized carbons (Fsp3) is 0.391. The highest BCUT2D eigenvalue weighted by atomic mass is 16.5. The minimum Gasteiger partial charge on any atom is -0.489 e. The van der Waals surface area contributed by atoms with Crippen molar-refractivity contribution in [2.75, 3.05) is 34.2 Å². The second kappa shape index (κ2) is 11.1. The van der Waals surface area contributed by atoms with Gasteiger partial charge in [-0.2, -0.15) is 0 Å². The van der Waals surface area contributed by atoms with E-state index in [0.29, 0.717) is 18.7 Å². The zero-order chi connectivity index (χ0) is 21.2. The Balaban J connectivity index is 1.78. The molecule has 1 unspecified atom stereocenters. The Morgan fingerprint density at radius 1 is 1.14 bits per heavy atom. The van der Waals surface area contributed by atoms with Gasteiger partial charge in [-0.15, -0.1) is 0 Å². The Morgan fingerprint density at radius 3 is 2.59 bits per heavy atom. The zero-order valence-electron chi connectivity index (χ0n) is 18.0. The molecular weight excluding hydrogens is 364 g/mol. The lowest BCUT2D eigenvalue weighted by Crippen LogP contribution is -2.42. The van der Waals surface area contributed by atoms with Crippen LogP contribution in [-0.2, 0) is 6.42 Å². The number of amides is 1. The van der Waals surface area contributed by atoms with Crippen LogP contribution in [0.1, 0.15) is 28.4 Å². The van der Waals surface area contributed by atoms with Crippen LogP contribution < -0.4 is 15.4 Å². The predicted octanol–water partition coefficient (Wildman–Crippen LogP) is 2.87. The van der Waals surface area contributed by atoms with Crippen LogP contribution in [0.5, 0.6) is 5.75 Å². The number of nitrogens with one attached hydrogen (secondary N) is 2. The summed E-state index contributed by atoms with van der Waals surface area (Å²) in [5, 5.41) is 6.59. The molecule has 0 bridgehead atoms. The quantitative estimate of drug-likeness (QED) is 0.532. The SMILES string of the molecule is CN=C(NCCc1cccc(C(=O)N(C)C)c1)NCC(C)Oc1cccc(C)c1. The van der Waals surface area contributed by atoms with Crippen LogP contribution in [0.25, 0.3) is 0 Å². The average Bonchev–Trinajstić information content (AvgIpc) is 2.70. The van der Waals surface area contributed by atoms with Gasteiger partial charge in [0.25, 0.3) is 5.91 Å². The van der Waals surface area contributed by atoms with Gasteiger partial charge >= 0.3 is 0 Å². The second-order valence-corrected chi connectivity index (χ2v) is 7.27. The number of aryl methyl sites for hydroxylation is 1.